The first kappa shape index (κ1) is 26.9. The number of ether oxygens (including phenoxy) is 1. The van der Waals surface area contributed by atoms with Gasteiger partial charge in [0.05, 0.1) is 6.10 Å². The van der Waals surface area contributed by atoms with E-state index in [1.54, 1.807) is 12.2 Å². The summed E-state index contributed by atoms with van der Waals surface area (Å²) in [5.41, 5.74) is -1.03. The largest absolute Gasteiger partial charge is 0.393 e. The Morgan fingerprint density at radius 3 is 2.53 bits per heavy atom. The summed E-state index contributed by atoms with van der Waals surface area (Å²) in [4.78, 5) is 47.9. The van der Waals surface area contributed by atoms with Gasteiger partial charge in [-0.15, -0.1) is 0 Å². The van der Waals surface area contributed by atoms with E-state index in [-0.39, 0.29) is 42.8 Å². The number of unbranched alkanes of at least 4 members (excludes halogenated alkanes) is 1. The van der Waals surface area contributed by atoms with Crippen molar-refractivity contribution in [3.63, 3.8) is 0 Å². The third-order valence-corrected chi connectivity index (χ3v) is 9.93. The summed E-state index contributed by atoms with van der Waals surface area (Å²) < 4.78 is 4.59. The SMILES string of the molecule is CC(=O)OC(=O)CCCCC1=CC(=O)C=C2CC[C@@H]3[C@H]([C@@H](O)C[C@@]4(C)[C@H]3CC[C@]4(O)C(=O)CO)[C@@]12C. The predicted molar refractivity (Wildman–Crippen MR) is 129 cm³/mol. The summed E-state index contributed by atoms with van der Waals surface area (Å²) in [6.07, 6.45) is 7.08. The van der Waals surface area contributed by atoms with Crippen LogP contribution in [0, 0.1) is 28.6 Å². The molecule has 0 amide bonds. The highest BCUT2D eigenvalue weighted by molar-refractivity contribution is 6.02. The minimum atomic E-state index is -1.65. The average molecular weight is 503 g/mol. The van der Waals surface area contributed by atoms with Crippen LogP contribution in [0.25, 0.3) is 0 Å². The molecule has 3 saturated carbocycles. The molecule has 0 aromatic heterocycles. The molecule has 198 valence electrons. The molecule has 0 aliphatic heterocycles. The third-order valence-electron chi connectivity index (χ3n) is 9.93. The normalized spacial score (nSPS) is 39.3. The van der Waals surface area contributed by atoms with Crippen molar-refractivity contribution in [2.45, 2.75) is 90.3 Å². The Labute approximate surface area is 211 Å². The molecule has 0 heterocycles. The lowest BCUT2D eigenvalue weighted by molar-refractivity contribution is -0.179. The molecule has 0 unspecified atom stereocenters. The van der Waals surface area contributed by atoms with Crippen molar-refractivity contribution in [1.82, 2.24) is 0 Å². The molecule has 3 N–H and O–H groups in total. The number of rotatable bonds is 7. The molecular weight excluding hydrogens is 464 g/mol. The number of esters is 2. The minimum Gasteiger partial charge on any atom is -0.393 e. The highest BCUT2D eigenvalue weighted by atomic mass is 16.6. The molecule has 8 nitrogen and oxygen atoms in total. The zero-order valence-electron chi connectivity index (χ0n) is 21.4. The molecule has 4 aliphatic rings. The van der Waals surface area contributed by atoms with E-state index in [0.29, 0.717) is 32.1 Å². The summed E-state index contributed by atoms with van der Waals surface area (Å²) in [6.45, 7) is 4.45. The van der Waals surface area contributed by atoms with Crippen LogP contribution in [0.4, 0.5) is 0 Å². The van der Waals surface area contributed by atoms with Crippen LogP contribution in [0.5, 0.6) is 0 Å². The topological polar surface area (TPSA) is 138 Å². The van der Waals surface area contributed by atoms with E-state index in [1.165, 1.54) is 6.92 Å². The van der Waals surface area contributed by atoms with Crippen molar-refractivity contribution in [3.8, 4) is 0 Å². The Kier molecular flexibility index (Phi) is 7.18. The van der Waals surface area contributed by atoms with Gasteiger partial charge in [-0.1, -0.05) is 25.0 Å². The fourth-order valence-corrected chi connectivity index (χ4v) is 8.26. The first-order valence-corrected chi connectivity index (χ1v) is 13.1. The quantitative estimate of drug-likeness (QED) is 0.274. The van der Waals surface area contributed by atoms with Gasteiger partial charge in [0.1, 0.15) is 12.2 Å². The summed E-state index contributed by atoms with van der Waals surface area (Å²) in [5.74, 6) is -1.92. The summed E-state index contributed by atoms with van der Waals surface area (Å²) in [7, 11) is 0. The molecule has 7 atom stereocenters. The van der Waals surface area contributed by atoms with Crippen LogP contribution in [0.2, 0.25) is 0 Å². The number of allylic oxidation sites excluding steroid dienone is 4. The number of hydrogen-bond donors (Lipinski definition) is 3. The number of fused-ring (bicyclic) bond motifs is 5. The van der Waals surface area contributed by atoms with E-state index in [1.807, 2.05) is 6.92 Å². The number of Topliss-reactive ketones (excluding diaryl/α,β-unsaturated/α-hetero) is 1. The molecule has 0 aromatic carbocycles. The maximum Gasteiger partial charge on any atom is 0.313 e. The second-order valence-electron chi connectivity index (χ2n) is 11.6. The molecule has 8 heteroatoms. The maximum atomic E-state index is 12.6. The van der Waals surface area contributed by atoms with Crippen LogP contribution in [-0.4, -0.2) is 57.1 Å². The number of hydrogen-bond acceptors (Lipinski definition) is 8. The highest BCUT2D eigenvalue weighted by Gasteiger charge is 2.68. The molecule has 0 spiro atoms. The Bertz CT molecular complexity index is 1030. The van der Waals surface area contributed by atoms with Crippen molar-refractivity contribution >= 4 is 23.5 Å². The van der Waals surface area contributed by atoms with Crippen LogP contribution >= 0.6 is 0 Å². The molecule has 0 bridgehead atoms. The molecular formula is C28H38O8. The minimum absolute atomic E-state index is 0.0185. The number of aliphatic hydroxyl groups is 3. The smallest absolute Gasteiger partial charge is 0.313 e. The lowest BCUT2D eigenvalue weighted by Gasteiger charge is -2.60. The Balaban J connectivity index is 1.58. The molecule has 36 heavy (non-hydrogen) atoms. The fourth-order valence-electron chi connectivity index (χ4n) is 8.26. The second-order valence-corrected chi connectivity index (χ2v) is 11.6. The van der Waals surface area contributed by atoms with Crippen molar-refractivity contribution in [1.29, 1.82) is 0 Å². The van der Waals surface area contributed by atoms with Crippen LogP contribution in [0.3, 0.4) is 0 Å². The Hall–Kier alpha value is -2.16. The fraction of sp³-hybridized carbons (Fsp3) is 0.714. The number of carbonyl (C=O) groups is 4. The summed E-state index contributed by atoms with van der Waals surface area (Å²) >= 11 is 0. The van der Waals surface area contributed by atoms with Crippen LogP contribution < -0.4 is 0 Å². The van der Waals surface area contributed by atoms with Crippen molar-refractivity contribution in [2.75, 3.05) is 6.61 Å². The zero-order chi connectivity index (χ0) is 26.5. The van der Waals surface area contributed by atoms with Gasteiger partial charge in [0.25, 0.3) is 0 Å². The van der Waals surface area contributed by atoms with Crippen molar-refractivity contribution < 1.29 is 39.2 Å². The van der Waals surface area contributed by atoms with Gasteiger partial charge in [0.15, 0.2) is 11.6 Å². The van der Waals surface area contributed by atoms with E-state index in [4.69, 9.17) is 0 Å². The zero-order valence-corrected chi connectivity index (χ0v) is 21.4. The van der Waals surface area contributed by atoms with E-state index >= 15 is 0 Å². The standard InChI is InChI=1S/C28H38O8/c1-16(30)36-24(34)7-5-4-6-17-12-19(31)13-18-8-9-20-21-10-11-28(35,23(33)15-29)26(21,2)14-22(32)25(20)27(17,18)3/h12-13,20-22,25,29,32,35H,4-11,14-15H2,1-3H3/t20-,21-,22-,25+,26-,27-,28-/m0/s1. The van der Waals surface area contributed by atoms with Gasteiger partial charge >= 0.3 is 11.9 Å². The van der Waals surface area contributed by atoms with E-state index in [0.717, 1.165) is 17.6 Å². The molecule has 0 radical (unpaired) electrons. The van der Waals surface area contributed by atoms with E-state index in [9.17, 15) is 34.5 Å². The first-order valence-electron chi connectivity index (χ1n) is 13.1. The van der Waals surface area contributed by atoms with Gasteiger partial charge in [-0.3, -0.25) is 19.2 Å². The lowest BCUT2D eigenvalue weighted by atomic mass is 9.44. The number of carbonyl (C=O) groups excluding carboxylic acids is 4. The number of aliphatic hydroxyl groups excluding tert-OH is 2. The second kappa shape index (κ2) is 9.62. The Morgan fingerprint density at radius 2 is 1.86 bits per heavy atom. The van der Waals surface area contributed by atoms with Crippen molar-refractivity contribution in [2.24, 2.45) is 28.6 Å². The van der Waals surface area contributed by atoms with Crippen LogP contribution in [0.15, 0.2) is 23.3 Å². The average Bonchev–Trinajstić information content (AvgIpc) is 3.07. The summed E-state index contributed by atoms with van der Waals surface area (Å²) in [6, 6.07) is 0. The van der Waals surface area contributed by atoms with Crippen molar-refractivity contribution in [3.05, 3.63) is 23.3 Å². The van der Waals surface area contributed by atoms with E-state index in [2.05, 4.69) is 11.7 Å². The predicted octanol–water partition coefficient (Wildman–Crippen LogP) is 2.58. The molecule has 4 rings (SSSR count). The van der Waals surface area contributed by atoms with Gasteiger partial charge < -0.3 is 20.1 Å². The first-order chi connectivity index (χ1) is 16.9. The van der Waals surface area contributed by atoms with Gasteiger partial charge in [0, 0.05) is 30.1 Å². The van der Waals surface area contributed by atoms with Gasteiger partial charge in [-0.25, -0.2) is 0 Å². The molecule has 4 aliphatic carbocycles. The highest BCUT2D eigenvalue weighted by Crippen LogP contribution is 2.68. The van der Waals surface area contributed by atoms with Gasteiger partial charge in [-0.2, -0.15) is 0 Å². The monoisotopic (exact) mass is 502 g/mol. The molecule has 3 fully saturated rings. The third kappa shape index (κ3) is 4.11. The Morgan fingerprint density at radius 1 is 1.14 bits per heavy atom. The molecule has 0 saturated heterocycles. The van der Waals surface area contributed by atoms with Gasteiger partial charge in [-0.05, 0) is 75.4 Å². The number of ketones is 2. The van der Waals surface area contributed by atoms with Crippen LogP contribution in [0.1, 0.15) is 78.6 Å². The van der Waals surface area contributed by atoms with Crippen LogP contribution in [-0.2, 0) is 23.9 Å². The summed E-state index contributed by atoms with van der Waals surface area (Å²) in [5, 5.41) is 32.5. The van der Waals surface area contributed by atoms with Gasteiger partial charge in [0.2, 0.25) is 0 Å². The molecule has 0 aromatic rings. The van der Waals surface area contributed by atoms with E-state index < -0.39 is 46.9 Å². The lowest BCUT2D eigenvalue weighted by Crippen LogP contribution is -2.62. The maximum absolute atomic E-state index is 12.6.